The van der Waals surface area contributed by atoms with Gasteiger partial charge in [0.2, 0.25) is 0 Å². The third-order valence-electron chi connectivity index (χ3n) is 5.44. The SMILES string of the molecule is O=c1c(Cc2ccccc2)nc2c[nH]c(-c3ccc(N4CCCC4)cc3)cn1-2. The molecule has 3 aliphatic rings. The Kier molecular flexibility index (Phi) is 4.20. The van der Waals surface area contributed by atoms with Gasteiger partial charge in [0.1, 0.15) is 5.69 Å². The van der Waals surface area contributed by atoms with E-state index in [2.05, 4.69) is 39.1 Å². The molecule has 2 aromatic rings. The van der Waals surface area contributed by atoms with E-state index in [4.69, 9.17) is 0 Å². The van der Waals surface area contributed by atoms with Crippen LogP contribution in [0.25, 0.3) is 17.1 Å². The molecule has 0 atom stereocenters. The Bertz CT molecular complexity index is 1110. The number of hydrogen-bond donors (Lipinski definition) is 1. The summed E-state index contributed by atoms with van der Waals surface area (Å²) < 4.78 is 1.64. The molecule has 0 unspecified atom stereocenters. The average Bonchev–Trinajstić information content (AvgIpc) is 3.38. The van der Waals surface area contributed by atoms with Gasteiger partial charge in [0.15, 0.2) is 5.82 Å². The van der Waals surface area contributed by atoms with E-state index in [-0.39, 0.29) is 5.56 Å². The lowest BCUT2D eigenvalue weighted by Crippen LogP contribution is -2.17. The molecule has 28 heavy (non-hydrogen) atoms. The summed E-state index contributed by atoms with van der Waals surface area (Å²) in [5.41, 5.74) is 4.83. The van der Waals surface area contributed by atoms with Gasteiger partial charge < -0.3 is 9.88 Å². The minimum atomic E-state index is -0.0530. The summed E-state index contributed by atoms with van der Waals surface area (Å²) in [5.74, 6) is 0.647. The first-order chi connectivity index (χ1) is 13.8. The molecule has 0 aromatic heterocycles. The summed E-state index contributed by atoms with van der Waals surface area (Å²) in [7, 11) is 0. The average molecular weight is 370 g/mol. The van der Waals surface area contributed by atoms with Gasteiger partial charge in [0, 0.05) is 37.6 Å². The van der Waals surface area contributed by atoms with Crippen LogP contribution in [0.15, 0.2) is 71.8 Å². The van der Waals surface area contributed by atoms with Crippen molar-refractivity contribution >= 4 is 5.69 Å². The summed E-state index contributed by atoms with van der Waals surface area (Å²) in [6, 6.07) is 18.5. The van der Waals surface area contributed by atoms with Gasteiger partial charge in [-0.2, -0.15) is 0 Å². The third kappa shape index (κ3) is 3.09. The summed E-state index contributed by atoms with van der Waals surface area (Å²) in [6.07, 6.45) is 6.74. The number of benzene rings is 2. The molecular formula is C23H22N4O. The molecule has 3 aliphatic heterocycles. The van der Waals surface area contributed by atoms with Crippen molar-refractivity contribution in [1.29, 1.82) is 0 Å². The van der Waals surface area contributed by atoms with Crippen molar-refractivity contribution in [2.75, 3.05) is 18.0 Å². The maximum absolute atomic E-state index is 12.8. The number of hydrogen-bond acceptors (Lipinski definition) is 3. The fourth-order valence-corrected chi connectivity index (χ4v) is 3.91. The van der Waals surface area contributed by atoms with Gasteiger partial charge in [-0.25, -0.2) is 4.98 Å². The lowest BCUT2D eigenvalue weighted by molar-refractivity contribution is 0.949. The van der Waals surface area contributed by atoms with Gasteiger partial charge in [-0.3, -0.25) is 9.36 Å². The van der Waals surface area contributed by atoms with E-state index < -0.39 is 0 Å². The Hall–Kier alpha value is -3.34. The topological polar surface area (TPSA) is 53.9 Å². The number of aromatic amines is 1. The molecule has 0 saturated carbocycles. The van der Waals surface area contributed by atoms with E-state index in [1.54, 1.807) is 10.8 Å². The van der Waals surface area contributed by atoms with Crippen LogP contribution in [-0.4, -0.2) is 27.6 Å². The molecule has 3 heterocycles. The van der Waals surface area contributed by atoms with Crippen LogP contribution in [0.3, 0.4) is 0 Å². The fraction of sp³-hybridized carbons (Fsp3) is 0.217. The Morgan fingerprint density at radius 1 is 0.964 bits per heavy atom. The van der Waals surface area contributed by atoms with Crippen molar-refractivity contribution < 1.29 is 0 Å². The fourth-order valence-electron chi connectivity index (χ4n) is 3.91. The molecule has 5 nitrogen and oxygen atoms in total. The van der Waals surface area contributed by atoms with Crippen LogP contribution < -0.4 is 10.5 Å². The van der Waals surface area contributed by atoms with Crippen LogP contribution in [0.4, 0.5) is 5.69 Å². The largest absolute Gasteiger partial charge is 0.372 e. The number of fused-ring (bicyclic) bond motifs is 1. The van der Waals surface area contributed by atoms with Crippen molar-refractivity contribution in [2.24, 2.45) is 0 Å². The zero-order chi connectivity index (χ0) is 18.9. The summed E-state index contributed by atoms with van der Waals surface area (Å²) in [4.78, 5) is 23.0. The molecule has 0 amide bonds. The zero-order valence-electron chi connectivity index (χ0n) is 15.6. The van der Waals surface area contributed by atoms with Gasteiger partial charge in [-0.1, -0.05) is 42.5 Å². The van der Waals surface area contributed by atoms with Gasteiger partial charge in [-0.15, -0.1) is 0 Å². The number of imidazole rings is 1. The van der Waals surface area contributed by atoms with E-state index in [0.29, 0.717) is 17.9 Å². The summed E-state index contributed by atoms with van der Waals surface area (Å²) in [6.45, 7) is 2.27. The monoisotopic (exact) mass is 370 g/mol. The highest BCUT2D eigenvalue weighted by atomic mass is 16.1. The van der Waals surface area contributed by atoms with Crippen molar-refractivity contribution in [2.45, 2.75) is 19.3 Å². The van der Waals surface area contributed by atoms with E-state index >= 15 is 0 Å². The first kappa shape index (κ1) is 16.8. The van der Waals surface area contributed by atoms with E-state index in [1.165, 1.54) is 18.5 Å². The Balaban J connectivity index is 1.45. The molecule has 1 saturated heterocycles. The highest BCUT2D eigenvalue weighted by Gasteiger charge is 2.16. The summed E-state index contributed by atoms with van der Waals surface area (Å²) in [5, 5.41) is 0. The van der Waals surface area contributed by atoms with Gasteiger partial charge in [-0.05, 0) is 36.1 Å². The van der Waals surface area contributed by atoms with Crippen LogP contribution in [0, 0.1) is 0 Å². The number of H-pyrrole nitrogens is 1. The molecule has 5 rings (SSSR count). The molecular weight excluding hydrogens is 348 g/mol. The highest BCUT2D eigenvalue weighted by Crippen LogP contribution is 2.25. The number of anilines is 1. The van der Waals surface area contributed by atoms with E-state index in [0.717, 1.165) is 29.9 Å². The Labute approximate surface area is 163 Å². The molecule has 1 fully saturated rings. The molecule has 0 bridgehead atoms. The van der Waals surface area contributed by atoms with Crippen molar-refractivity contribution in [3.8, 4) is 17.1 Å². The highest BCUT2D eigenvalue weighted by molar-refractivity contribution is 5.63. The van der Waals surface area contributed by atoms with Crippen LogP contribution >= 0.6 is 0 Å². The first-order valence-electron chi connectivity index (χ1n) is 9.77. The second-order valence-corrected chi connectivity index (χ2v) is 7.33. The van der Waals surface area contributed by atoms with Crippen LogP contribution in [0.1, 0.15) is 24.1 Å². The minimum Gasteiger partial charge on any atom is -0.372 e. The second kappa shape index (κ2) is 7.00. The van der Waals surface area contributed by atoms with E-state index in [9.17, 15) is 4.79 Å². The van der Waals surface area contributed by atoms with Crippen molar-refractivity contribution in [3.05, 3.63) is 88.6 Å². The van der Waals surface area contributed by atoms with Gasteiger partial charge in [0.25, 0.3) is 5.56 Å². The Morgan fingerprint density at radius 3 is 2.46 bits per heavy atom. The third-order valence-corrected chi connectivity index (χ3v) is 5.44. The number of rotatable bonds is 4. The van der Waals surface area contributed by atoms with Crippen molar-refractivity contribution in [3.63, 3.8) is 0 Å². The minimum absolute atomic E-state index is 0.0530. The maximum Gasteiger partial charge on any atom is 0.278 e. The van der Waals surface area contributed by atoms with Crippen LogP contribution in [0.5, 0.6) is 0 Å². The number of aromatic nitrogens is 3. The van der Waals surface area contributed by atoms with Gasteiger partial charge in [0.05, 0.1) is 5.69 Å². The van der Waals surface area contributed by atoms with Crippen LogP contribution in [-0.2, 0) is 6.42 Å². The smallest absolute Gasteiger partial charge is 0.278 e. The number of nitrogens with one attached hydrogen (secondary N) is 1. The number of nitrogens with zero attached hydrogens (tertiary/aromatic N) is 3. The molecule has 140 valence electrons. The Morgan fingerprint density at radius 2 is 1.71 bits per heavy atom. The molecule has 2 aromatic carbocycles. The zero-order valence-corrected chi connectivity index (χ0v) is 15.6. The maximum atomic E-state index is 12.8. The standard InChI is InChI=1S/C23H22N4O/c28-23-20(14-17-6-2-1-3-7-17)25-22-15-24-21(16-27(22)23)18-8-10-19(11-9-18)26-12-4-5-13-26/h1-3,6-11,15-16,24H,4-5,12-14H2. The van der Waals surface area contributed by atoms with Gasteiger partial charge >= 0.3 is 0 Å². The molecule has 0 radical (unpaired) electrons. The normalized spacial score (nSPS) is 14.1. The molecule has 0 spiro atoms. The molecule has 1 N–H and O–H groups in total. The van der Waals surface area contributed by atoms with Crippen LogP contribution in [0.2, 0.25) is 0 Å². The van der Waals surface area contributed by atoms with E-state index in [1.807, 2.05) is 36.5 Å². The van der Waals surface area contributed by atoms with Crippen molar-refractivity contribution in [1.82, 2.24) is 14.5 Å². The lowest BCUT2D eigenvalue weighted by Gasteiger charge is -2.17. The lowest BCUT2D eigenvalue weighted by atomic mass is 10.1. The second-order valence-electron chi connectivity index (χ2n) is 7.33. The predicted octanol–water partition coefficient (Wildman–Crippen LogP) is 3.86. The predicted molar refractivity (Wildman–Crippen MR) is 112 cm³/mol. The molecule has 0 aliphatic carbocycles. The quantitative estimate of drug-likeness (QED) is 0.594. The summed E-state index contributed by atoms with van der Waals surface area (Å²) >= 11 is 0. The molecule has 5 heteroatoms. The first-order valence-corrected chi connectivity index (χ1v) is 9.77.